The molecule has 4 aromatic rings. The number of rotatable bonds is 2. The van der Waals surface area contributed by atoms with Crippen LogP contribution in [0.2, 0.25) is 0 Å². The zero-order valence-electron chi connectivity index (χ0n) is 13.8. The van der Waals surface area contributed by atoms with Crippen molar-refractivity contribution in [2.75, 3.05) is 18.0 Å². The van der Waals surface area contributed by atoms with E-state index in [2.05, 4.69) is 22.0 Å². The second-order valence-electron chi connectivity index (χ2n) is 6.51. The third kappa shape index (κ3) is 2.75. The number of piperidine rings is 1. The standard InChI is InChI=1S/C19H15F2N3S2/c20-12-9-13(21)17-16(10-12)26-19(23-17)24-7-5-11(6-8-24)18-22-14-3-1-2-4-15(14)25-18/h1-4,9-11H,5-8H2. The summed E-state index contributed by atoms with van der Waals surface area (Å²) in [4.78, 5) is 11.4. The Kier molecular flexibility index (Phi) is 3.86. The third-order valence-electron chi connectivity index (χ3n) is 4.83. The molecule has 5 rings (SSSR count). The van der Waals surface area contributed by atoms with E-state index in [1.165, 1.54) is 27.1 Å². The van der Waals surface area contributed by atoms with E-state index < -0.39 is 11.6 Å². The van der Waals surface area contributed by atoms with Crippen molar-refractivity contribution in [1.82, 2.24) is 9.97 Å². The second-order valence-corrected chi connectivity index (χ2v) is 8.58. The van der Waals surface area contributed by atoms with Gasteiger partial charge in [0.2, 0.25) is 0 Å². The maximum atomic E-state index is 13.9. The van der Waals surface area contributed by atoms with Crippen LogP contribution < -0.4 is 4.90 Å². The Morgan fingerprint density at radius 2 is 1.77 bits per heavy atom. The normalized spacial score (nSPS) is 16.0. The zero-order valence-corrected chi connectivity index (χ0v) is 15.4. The van der Waals surface area contributed by atoms with Gasteiger partial charge in [-0.3, -0.25) is 0 Å². The van der Waals surface area contributed by atoms with Gasteiger partial charge in [-0.15, -0.1) is 11.3 Å². The molecule has 1 saturated heterocycles. The van der Waals surface area contributed by atoms with Gasteiger partial charge in [0.25, 0.3) is 0 Å². The van der Waals surface area contributed by atoms with E-state index >= 15 is 0 Å². The molecule has 2 aromatic carbocycles. The van der Waals surface area contributed by atoms with Crippen LogP contribution in [0.3, 0.4) is 0 Å². The molecule has 7 heteroatoms. The average molecular weight is 387 g/mol. The highest BCUT2D eigenvalue weighted by atomic mass is 32.1. The number of para-hydroxylation sites is 1. The molecule has 0 N–H and O–H groups in total. The Hall–Kier alpha value is -2.12. The molecule has 3 heterocycles. The summed E-state index contributed by atoms with van der Waals surface area (Å²) < 4.78 is 29.1. The van der Waals surface area contributed by atoms with Gasteiger partial charge in [0.15, 0.2) is 10.9 Å². The lowest BCUT2D eigenvalue weighted by atomic mass is 9.98. The molecule has 0 amide bonds. The van der Waals surface area contributed by atoms with Crippen LogP contribution in [0.15, 0.2) is 36.4 Å². The quantitative estimate of drug-likeness (QED) is 0.450. The Balaban J connectivity index is 1.36. The number of benzene rings is 2. The van der Waals surface area contributed by atoms with Gasteiger partial charge in [0, 0.05) is 25.1 Å². The molecule has 0 bridgehead atoms. The minimum atomic E-state index is -0.591. The van der Waals surface area contributed by atoms with Crippen molar-refractivity contribution in [3.8, 4) is 0 Å². The lowest BCUT2D eigenvalue weighted by molar-refractivity contribution is 0.504. The molecule has 2 aromatic heterocycles. The molecule has 0 atom stereocenters. The molecule has 26 heavy (non-hydrogen) atoms. The minimum absolute atomic E-state index is 0.264. The van der Waals surface area contributed by atoms with Crippen LogP contribution in [0.25, 0.3) is 20.4 Å². The third-order valence-corrected chi connectivity index (χ3v) is 7.09. The first-order valence-electron chi connectivity index (χ1n) is 8.53. The smallest absolute Gasteiger partial charge is 0.186 e. The SMILES string of the molecule is Fc1cc(F)c2nc(N3CCC(c4nc5ccccc5s4)CC3)sc2c1. The lowest BCUT2D eigenvalue weighted by Crippen LogP contribution is -2.32. The van der Waals surface area contributed by atoms with E-state index in [9.17, 15) is 8.78 Å². The van der Waals surface area contributed by atoms with E-state index in [0.717, 1.165) is 42.6 Å². The summed E-state index contributed by atoms with van der Waals surface area (Å²) in [5.41, 5.74) is 1.33. The van der Waals surface area contributed by atoms with Crippen LogP contribution in [0.1, 0.15) is 23.8 Å². The molecule has 0 unspecified atom stereocenters. The molecular weight excluding hydrogens is 372 g/mol. The summed E-state index contributed by atoms with van der Waals surface area (Å²) in [7, 11) is 0. The predicted octanol–water partition coefficient (Wildman–Crippen LogP) is 5.57. The van der Waals surface area contributed by atoms with Crippen molar-refractivity contribution in [3.05, 3.63) is 53.0 Å². The van der Waals surface area contributed by atoms with Crippen LogP contribution in [0.5, 0.6) is 0 Å². The number of anilines is 1. The van der Waals surface area contributed by atoms with Gasteiger partial charge in [-0.1, -0.05) is 23.5 Å². The first-order chi connectivity index (χ1) is 12.7. The van der Waals surface area contributed by atoms with E-state index in [0.29, 0.717) is 10.6 Å². The second kappa shape index (κ2) is 6.25. The molecule has 0 spiro atoms. The fourth-order valence-electron chi connectivity index (χ4n) is 3.46. The summed E-state index contributed by atoms with van der Waals surface area (Å²) >= 11 is 3.13. The van der Waals surface area contributed by atoms with Gasteiger partial charge in [0.1, 0.15) is 11.3 Å². The van der Waals surface area contributed by atoms with Gasteiger partial charge < -0.3 is 4.90 Å². The summed E-state index contributed by atoms with van der Waals surface area (Å²) in [5, 5.41) is 1.97. The highest BCUT2D eigenvalue weighted by Crippen LogP contribution is 2.37. The molecule has 1 aliphatic heterocycles. The Morgan fingerprint density at radius 1 is 0.962 bits per heavy atom. The van der Waals surface area contributed by atoms with Crippen LogP contribution >= 0.6 is 22.7 Å². The largest absolute Gasteiger partial charge is 0.348 e. The molecule has 3 nitrogen and oxygen atoms in total. The van der Waals surface area contributed by atoms with Crippen LogP contribution in [-0.2, 0) is 0 Å². The zero-order chi connectivity index (χ0) is 17.7. The molecule has 0 radical (unpaired) electrons. The van der Waals surface area contributed by atoms with Crippen molar-refractivity contribution in [2.45, 2.75) is 18.8 Å². The van der Waals surface area contributed by atoms with E-state index in [1.807, 2.05) is 12.1 Å². The number of hydrogen-bond acceptors (Lipinski definition) is 5. The number of aromatic nitrogens is 2. The maximum Gasteiger partial charge on any atom is 0.186 e. The van der Waals surface area contributed by atoms with Crippen molar-refractivity contribution in [3.63, 3.8) is 0 Å². The fraction of sp³-hybridized carbons (Fsp3) is 0.263. The van der Waals surface area contributed by atoms with Crippen molar-refractivity contribution in [2.24, 2.45) is 0 Å². The van der Waals surface area contributed by atoms with Crippen LogP contribution in [0, 0.1) is 11.6 Å². The number of fused-ring (bicyclic) bond motifs is 2. The monoisotopic (exact) mass is 387 g/mol. The number of halogens is 2. The van der Waals surface area contributed by atoms with Gasteiger partial charge in [0.05, 0.1) is 19.9 Å². The Labute approximate surface area is 156 Å². The van der Waals surface area contributed by atoms with Crippen LogP contribution in [0.4, 0.5) is 13.9 Å². The van der Waals surface area contributed by atoms with Crippen molar-refractivity contribution >= 4 is 48.2 Å². The highest BCUT2D eigenvalue weighted by Gasteiger charge is 2.25. The van der Waals surface area contributed by atoms with E-state index in [-0.39, 0.29) is 5.52 Å². The summed E-state index contributed by atoms with van der Waals surface area (Å²) in [6.45, 7) is 1.70. The van der Waals surface area contributed by atoms with Crippen LogP contribution in [-0.4, -0.2) is 23.1 Å². The fourth-order valence-corrected chi connectivity index (χ4v) is 5.66. The first-order valence-corrected chi connectivity index (χ1v) is 10.2. The Bertz CT molecular complexity index is 1060. The lowest BCUT2D eigenvalue weighted by Gasteiger charge is -2.30. The van der Waals surface area contributed by atoms with Gasteiger partial charge in [-0.25, -0.2) is 18.7 Å². The minimum Gasteiger partial charge on any atom is -0.348 e. The summed E-state index contributed by atoms with van der Waals surface area (Å²) in [5.74, 6) is -0.696. The molecule has 1 aliphatic rings. The number of hydrogen-bond donors (Lipinski definition) is 0. The first kappa shape index (κ1) is 16.1. The molecule has 0 aliphatic carbocycles. The number of nitrogens with zero attached hydrogens (tertiary/aromatic N) is 3. The molecule has 132 valence electrons. The van der Waals surface area contributed by atoms with E-state index in [4.69, 9.17) is 4.98 Å². The topological polar surface area (TPSA) is 29.0 Å². The summed E-state index contributed by atoms with van der Waals surface area (Å²) in [6, 6.07) is 10.5. The van der Waals surface area contributed by atoms with Gasteiger partial charge >= 0.3 is 0 Å². The average Bonchev–Trinajstić information content (AvgIpc) is 3.26. The van der Waals surface area contributed by atoms with E-state index in [1.54, 1.807) is 11.3 Å². The van der Waals surface area contributed by atoms with Gasteiger partial charge in [-0.2, -0.15) is 0 Å². The maximum absolute atomic E-state index is 13.9. The summed E-state index contributed by atoms with van der Waals surface area (Å²) in [6.07, 6.45) is 1.99. The number of thiazole rings is 2. The predicted molar refractivity (Wildman–Crippen MR) is 103 cm³/mol. The highest BCUT2D eigenvalue weighted by molar-refractivity contribution is 7.22. The molecule has 0 saturated carbocycles. The molecular formula is C19H15F2N3S2. The van der Waals surface area contributed by atoms with Crippen molar-refractivity contribution in [1.29, 1.82) is 0 Å². The van der Waals surface area contributed by atoms with Gasteiger partial charge in [-0.05, 0) is 31.0 Å². The molecule has 1 fully saturated rings. The Morgan fingerprint density at radius 3 is 2.58 bits per heavy atom. The van der Waals surface area contributed by atoms with Crippen molar-refractivity contribution < 1.29 is 8.78 Å².